The van der Waals surface area contributed by atoms with Crippen LogP contribution in [0.3, 0.4) is 0 Å². The Kier molecular flexibility index (Phi) is 5.38. The SMILES string of the molecule is Cc1ccccc1-n1c(C)cc([C@@H]2[C@@H](c3ccccn3)NC(=S)N2c2ccc(O)cc2)c1C. The number of aryl methyl sites for hydroxylation is 2. The van der Waals surface area contributed by atoms with Gasteiger partial charge in [-0.3, -0.25) is 4.98 Å². The maximum Gasteiger partial charge on any atom is 0.174 e. The van der Waals surface area contributed by atoms with Gasteiger partial charge in [0.2, 0.25) is 0 Å². The van der Waals surface area contributed by atoms with Crippen LogP contribution in [-0.2, 0) is 0 Å². The van der Waals surface area contributed by atoms with Crippen LogP contribution in [0.25, 0.3) is 5.69 Å². The Balaban J connectivity index is 1.69. The van der Waals surface area contributed by atoms with Gasteiger partial charge in [0.15, 0.2) is 5.11 Å². The molecule has 2 aromatic heterocycles. The number of hydrogen-bond donors (Lipinski definition) is 2. The minimum atomic E-state index is -0.113. The molecule has 0 amide bonds. The Morgan fingerprint density at radius 2 is 1.67 bits per heavy atom. The summed E-state index contributed by atoms with van der Waals surface area (Å²) in [5.74, 6) is 0.229. The molecule has 2 aromatic carbocycles. The fourth-order valence-corrected chi connectivity index (χ4v) is 5.18. The monoisotopic (exact) mass is 454 g/mol. The van der Waals surface area contributed by atoms with Gasteiger partial charge in [-0.1, -0.05) is 24.3 Å². The number of benzene rings is 2. The van der Waals surface area contributed by atoms with Gasteiger partial charge < -0.3 is 19.9 Å². The number of pyridine rings is 1. The normalized spacial score (nSPS) is 17.9. The Morgan fingerprint density at radius 3 is 2.36 bits per heavy atom. The Hall–Kier alpha value is -3.64. The molecule has 1 aliphatic heterocycles. The lowest BCUT2D eigenvalue weighted by molar-refractivity contribution is 0.475. The number of phenolic OH excluding ortho intramolecular Hbond substituents is 1. The van der Waals surface area contributed by atoms with Crippen molar-refractivity contribution in [3.63, 3.8) is 0 Å². The number of rotatable bonds is 4. The minimum absolute atomic E-state index is 0.0964. The van der Waals surface area contributed by atoms with Gasteiger partial charge in [0.25, 0.3) is 0 Å². The molecule has 2 atom stereocenters. The van der Waals surface area contributed by atoms with E-state index >= 15 is 0 Å². The van der Waals surface area contributed by atoms with Crippen molar-refractivity contribution in [2.24, 2.45) is 0 Å². The molecule has 0 saturated carbocycles. The molecule has 1 saturated heterocycles. The number of nitrogens with one attached hydrogen (secondary N) is 1. The summed E-state index contributed by atoms with van der Waals surface area (Å²) >= 11 is 5.82. The minimum Gasteiger partial charge on any atom is -0.508 e. The van der Waals surface area contributed by atoms with Crippen molar-refractivity contribution in [1.82, 2.24) is 14.9 Å². The lowest BCUT2D eigenvalue weighted by Gasteiger charge is -2.28. The number of hydrogen-bond acceptors (Lipinski definition) is 3. The third-order valence-electron chi connectivity index (χ3n) is 6.37. The topological polar surface area (TPSA) is 53.3 Å². The molecule has 2 N–H and O–H groups in total. The van der Waals surface area contributed by atoms with E-state index in [0.717, 1.165) is 11.4 Å². The van der Waals surface area contributed by atoms with Crippen LogP contribution in [0.1, 0.15) is 40.3 Å². The molecule has 0 bridgehead atoms. The molecular formula is C27H26N4OS. The van der Waals surface area contributed by atoms with Gasteiger partial charge in [0, 0.05) is 29.0 Å². The molecule has 5 nitrogen and oxygen atoms in total. The van der Waals surface area contributed by atoms with Crippen molar-refractivity contribution in [3.05, 3.63) is 107 Å². The third-order valence-corrected chi connectivity index (χ3v) is 6.69. The van der Waals surface area contributed by atoms with Gasteiger partial charge in [-0.25, -0.2) is 0 Å². The smallest absolute Gasteiger partial charge is 0.174 e. The quantitative estimate of drug-likeness (QED) is 0.389. The average molecular weight is 455 g/mol. The first-order valence-corrected chi connectivity index (χ1v) is 11.4. The van der Waals surface area contributed by atoms with Gasteiger partial charge in [-0.2, -0.15) is 0 Å². The standard InChI is InChI=1S/C27H26N4OS/c1-17-8-4-5-10-24(17)30-18(2)16-22(19(30)3)26-25(23-9-6-7-15-28-23)29-27(33)31(26)20-11-13-21(32)14-12-20/h4-16,25-26,32H,1-3H3,(H,29,33)/t25-,26-/m1/s1. The molecular weight excluding hydrogens is 428 g/mol. The summed E-state index contributed by atoms with van der Waals surface area (Å²) in [5, 5.41) is 14.0. The van der Waals surface area contributed by atoms with Crippen LogP contribution in [-0.4, -0.2) is 19.8 Å². The van der Waals surface area contributed by atoms with Crippen LogP contribution in [0.15, 0.2) is 79.0 Å². The van der Waals surface area contributed by atoms with Crippen LogP contribution in [0, 0.1) is 20.8 Å². The molecule has 0 spiro atoms. The number of para-hydroxylation sites is 1. The summed E-state index contributed by atoms with van der Waals surface area (Å²) in [6.07, 6.45) is 1.82. The predicted octanol–water partition coefficient (Wildman–Crippen LogP) is 5.68. The molecule has 3 heterocycles. The predicted molar refractivity (Wildman–Crippen MR) is 136 cm³/mol. The average Bonchev–Trinajstić information content (AvgIpc) is 3.31. The zero-order chi connectivity index (χ0) is 23.1. The molecule has 0 radical (unpaired) electrons. The first kappa shape index (κ1) is 21.2. The van der Waals surface area contributed by atoms with Gasteiger partial charge in [0.1, 0.15) is 5.75 Å². The molecule has 33 heavy (non-hydrogen) atoms. The van der Waals surface area contributed by atoms with Gasteiger partial charge >= 0.3 is 0 Å². The highest BCUT2D eigenvalue weighted by atomic mass is 32.1. The van der Waals surface area contributed by atoms with Crippen molar-refractivity contribution in [2.75, 3.05) is 4.90 Å². The van der Waals surface area contributed by atoms with Gasteiger partial charge in [-0.05, 0) is 92.6 Å². The van der Waals surface area contributed by atoms with Crippen LogP contribution >= 0.6 is 12.2 Å². The van der Waals surface area contributed by atoms with E-state index in [1.54, 1.807) is 12.1 Å². The lowest BCUT2D eigenvalue weighted by Crippen LogP contribution is -2.29. The molecule has 4 aromatic rings. The maximum absolute atomic E-state index is 9.83. The van der Waals surface area contributed by atoms with E-state index < -0.39 is 0 Å². The molecule has 1 fully saturated rings. The van der Waals surface area contributed by atoms with Gasteiger partial charge in [-0.15, -0.1) is 0 Å². The molecule has 166 valence electrons. The Bertz CT molecular complexity index is 1310. The summed E-state index contributed by atoms with van der Waals surface area (Å²) in [4.78, 5) is 6.79. The molecule has 5 rings (SSSR count). The van der Waals surface area contributed by atoms with Crippen molar-refractivity contribution in [1.29, 1.82) is 0 Å². The largest absolute Gasteiger partial charge is 0.508 e. The number of aromatic hydroxyl groups is 1. The van der Waals surface area contributed by atoms with Gasteiger partial charge in [0.05, 0.1) is 17.8 Å². The first-order valence-electron chi connectivity index (χ1n) is 11.0. The van der Waals surface area contributed by atoms with E-state index in [2.05, 4.69) is 70.9 Å². The summed E-state index contributed by atoms with van der Waals surface area (Å²) in [5.41, 5.74) is 7.79. The van der Waals surface area contributed by atoms with Crippen LogP contribution in [0.4, 0.5) is 5.69 Å². The highest BCUT2D eigenvalue weighted by Crippen LogP contribution is 2.44. The van der Waals surface area contributed by atoms with E-state index in [4.69, 9.17) is 12.2 Å². The van der Waals surface area contributed by atoms with Crippen molar-refractivity contribution in [2.45, 2.75) is 32.9 Å². The van der Waals surface area contributed by atoms with E-state index in [1.165, 1.54) is 28.2 Å². The fourth-order valence-electron chi connectivity index (χ4n) is 4.83. The number of aromatic nitrogens is 2. The number of thiocarbonyl (C=S) groups is 1. The molecule has 0 unspecified atom stereocenters. The highest BCUT2D eigenvalue weighted by Gasteiger charge is 2.42. The van der Waals surface area contributed by atoms with Crippen molar-refractivity contribution >= 4 is 23.0 Å². The van der Waals surface area contributed by atoms with Crippen molar-refractivity contribution < 1.29 is 5.11 Å². The number of phenols is 1. The lowest BCUT2D eigenvalue weighted by atomic mass is 9.96. The molecule has 1 aliphatic rings. The van der Waals surface area contributed by atoms with E-state index in [1.807, 2.05) is 36.5 Å². The third kappa shape index (κ3) is 3.66. The summed E-state index contributed by atoms with van der Waals surface area (Å²) in [6.45, 7) is 6.45. The second kappa shape index (κ2) is 8.37. The highest BCUT2D eigenvalue weighted by molar-refractivity contribution is 7.80. The first-order chi connectivity index (χ1) is 16.0. The zero-order valence-corrected chi connectivity index (χ0v) is 19.7. The summed E-state index contributed by atoms with van der Waals surface area (Å²) in [7, 11) is 0. The number of nitrogens with zero attached hydrogens (tertiary/aromatic N) is 3. The van der Waals surface area contributed by atoms with Crippen LogP contribution in [0.5, 0.6) is 5.75 Å². The van der Waals surface area contributed by atoms with E-state index in [0.29, 0.717) is 5.11 Å². The Labute approximate surface area is 199 Å². The number of anilines is 1. The van der Waals surface area contributed by atoms with Crippen molar-refractivity contribution in [3.8, 4) is 11.4 Å². The van der Waals surface area contributed by atoms with E-state index in [-0.39, 0.29) is 17.8 Å². The summed E-state index contributed by atoms with van der Waals surface area (Å²) in [6, 6.07) is 23.6. The fraction of sp³-hybridized carbons (Fsp3) is 0.185. The zero-order valence-electron chi connectivity index (χ0n) is 18.9. The van der Waals surface area contributed by atoms with Crippen LogP contribution in [0.2, 0.25) is 0 Å². The Morgan fingerprint density at radius 1 is 0.939 bits per heavy atom. The van der Waals surface area contributed by atoms with E-state index in [9.17, 15) is 5.11 Å². The molecule has 0 aliphatic carbocycles. The second-order valence-corrected chi connectivity index (χ2v) is 8.85. The maximum atomic E-state index is 9.83. The van der Waals surface area contributed by atoms with Crippen LogP contribution < -0.4 is 10.2 Å². The summed E-state index contributed by atoms with van der Waals surface area (Å²) < 4.78 is 2.32. The molecule has 6 heteroatoms. The second-order valence-electron chi connectivity index (χ2n) is 8.46.